The summed E-state index contributed by atoms with van der Waals surface area (Å²) in [6.07, 6.45) is 11.8. The summed E-state index contributed by atoms with van der Waals surface area (Å²) in [4.78, 5) is 2.45. The highest BCUT2D eigenvalue weighted by Crippen LogP contribution is 2.67. The van der Waals surface area contributed by atoms with Crippen LogP contribution in [0, 0.1) is 34.0 Å². The van der Waals surface area contributed by atoms with Crippen LogP contribution in [0.25, 0.3) is 0 Å². The van der Waals surface area contributed by atoms with Crippen LogP contribution in [-0.2, 0) is 0 Å². The fourth-order valence-electron chi connectivity index (χ4n) is 8.69. The van der Waals surface area contributed by atoms with Crippen molar-refractivity contribution in [3.63, 3.8) is 0 Å². The topological polar surface area (TPSA) is 49.5 Å². The molecule has 3 N–H and O–H groups in total. The van der Waals surface area contributed by atoms with Gasteiger partial charge in [0.15, 0.2) is 0 Å². The highest BCUT2D eigenvalue weighted by atomic mass is 16.3. The molecule has 0 amide bonds. The van der Waals surface area contributed by atoms with Crippen LogP contribution in [0.4, 0.5) is 0 Å². The Morgan fingerprint density at radius 1 is 1.07 bits per heavy atom. The van der Waals surface area contributed by atoms with Crippen LogP contribution < -0.4 is 5.73 Å². The van der Waals surface area contributed by atoms with Crippen molar-refractivity contribution in [1.29, 1.82) is 0 Å². The molecule has 29 heavy (non-hydrogen) atoms. The second-order valence-electron chi connectivity index (χ2n) is 12.1. The van der Waals surface area contributed by atoms with Crippen molar-refractivity contribution in [3.8, 4) is 0 Å². The van der Waals surface area contributed by atoms with Crippen LogP contribution in [0.3, 0.4) is 0 Å². The maximum atomic E-state index is 11.0. The molecule has 0 aromatic heterocycles. The summed E-state index contributed by atoms with van der Waals surface area (Å²) in [5.74, 6) is 1.41. The predicted molar refractivity (Wildman–Crippen MR) is 121 cm³/mol. The van der Waals surface area contributed by atoms with Crippen LogP contribution in [0.5, 0.6) is 0 Å². The Morgan fingerprint density at radius 2 is 1.72 bits per heavy atom. The van der Waals surface area contributed by atoms with Crippen molar-refractivity contribution < 1.29 is 5.11 Å². The average Bonchev–Trinajstić information content (AvgIpc) is 2.71. The number of aliphatic hydroxyl groups excluding tert-OH is 1. The normalized spacial score (nSPS) is 47.4. The van der Waals surface area contributed by atoms with Gasteiger partial charge in [-0.25, -0.2) is 0 Å². The van der Waals surface area contributed by atoms with E-state index in [4.69, 9.17) is 5.73 Å². The summed E-state index contributed by atoms with van der Waals surface area (Å²) in [5, 5.41) is 11.0. The highest BCUT2D eigenvalue weighted by Gasteiger charge is 2.63. The third-order valence-corrected chi connectivity index (χ3v) is 10.2. The third-order valence-electron chi connectivity index (χ3n) is 10.2. The molecule has 0 heterocycles. The van der Waals surface area contributed by atoms with Gasteiger partial charge < -0.3 is 15.7 Å². The van der Waals surface area contributed by atoms with E-state index in [0.717, 1.165) is 12.8 Å². The Morgan fingerprint density at radius 3 is 2.34 bits per heavy atom. The number of allylic oxidation sites excluding steroid dienone is 4. The zero-order valence-corrected chi connectivity index (χ0v) is 19.8. The lowest BCUT2D eigenvalue weighted by Crippen LogP contribution is -2.49. The molecule has 4 aliphatic rings. The maximum absolute atomic E-state index is 11.0. The van der Waals surface area contributed by atoms with E-state index in [0.29, 0.717) is 23.3 Å². The van der Waals surface area contributed by atoms with Gasteiger partial charge in [0.1, 0.15) is 0 Å². The number of hydrogen-bond donors (Lipinski definition) is 2. The molecule has 3 unspecified atom stereocenters. The number of aliphatic hydroxyl groups is 1. The molecule has 4 aliphatic carbocycles. The first-order chi connectivity index (χ1) is 13.4. The van der Waals surface area contributed by atoms with Crippen LogP contribution in [0.1, 0.15) is 73.1 Å². The lowest BCUT2D eigenvalue weighted by molar-refractivity contribution is -0.00379. The molecule has 0 saturated heterocycles. The first-order valence-corrected chi connectivity index (χ1v) is 11.9. The fraction of sp³-hybridized carbons (Fsp3) is 0.846. The zero-order chi connectivity index (χ0) is 21.4. The van der Waals surface area contributed by atoms with E-state index >= 15 is 0 Å². The van der Waals surface area contributed by atoms with Crippen molar-refractivity contribution in [3.05, 3.63) is 23.3 Å². The van der Waals surface area contributed by atoms with Gasteiger partial charge >= 0.3 is 0 Å². The minimum absolute atomic E-state index is 0.0401. The zero-order valence-electron chi connectivity index (χ0n) is 19.8. The van der Waals surface area contributed by atoms with E-state index in [2.05, 4.69) is 65.8 Å². The number of rotatable bonds is 2. The summed E-state index contributed by atoms with van der Waals surface area (Å²) in [6.45, 7) is 12.0. The van der Waals surface area contributed by atoms with E-state index in [1.165, 1.54) is 25.7 Å². The van der Waals surface area contributed by atoms with Gasteiger partial charge in [0.25, 0.3) is 0 Å². The molecule has 0 spiro atoms. The predicted octanol–water partition coefficient (Wildman–Crippen LogP) is 4.76. The van der Waals surface area contributed by atoms with Gasteiger partial charge in [0.2, 0.25) is 0 Å². The first-order valence-electron chi connectivity index (χ1n) is 11.9. The van der Waals surface area contributed by atoms with Gasteiger partial charge in [-0.2, -0.15) is 0 Å². The molecule has 0 bridgehead atoms. The van der Waals surface area contributed by atoms with Crippen molar-refractivity contribution >= 4 is 0 Å². The van der Waals surface area contributed by atoms with E-state index in [-0.39, 0.29) is 28.9 Å². The van der Waals surface area contributed by atoms with Crippen molar-refractivity contribution in [2.75, 3.05) is 14.1 Å². The van der Waals surface area contributed by atoms with Crippen LogP contribution in [0.15, 0.2) is 23.3 Å². The minimum Gasteiger partial charge on any atom is -0.393 e. The molecule has 2 fully saturated rings. The Balaban J connectivity index is 1.71. The molecule has 164 valence electrons. The van der Waals surface area contributed by atoms with E-state index in [1.54, 1.807) is 11.1 Å². The van der Waals surface area contributed by atoms with Crippen molar-refractivity contribution in [2.45, 2.75) is 91.3 Å². The van der Waals surface area contributed by atoms with Gasteiger partial charge in [-0.05, 0) is 93.2 Å². The maximum Gasteiger partial charge on any atom is 0.0594 e. The molecular formula is C26H44N2O. The number of fused-ring (bicyclic) bond motifs is 4. The summed E-state index contributed by atoms with van der Waals surface area (Å²) in [7, 11) is 4.50. The van der Waals surface area contributed by atoms with E-state index in [9.17, 15) is 5.11 Å². The molecule has 3 nitrogen and oxygen atoms in total. The molecular weight excluding hydrogens is 356 g/mol. The Kier molecular flexibility index (Phi) is 5.16. The highest BCUT2D eigenvalue weighted by molar-refractivity contribution is 5.37. The Labute approximate surface area is 178 Å². The molecule has 2 saturated carbocycles. The molecule has 8 atom stereocenters. The molecule has 3 heteroatoms. The smallest absolute Gasteiger partial charge is 0.0594 e. The van der Waals surface area contributed by atoms with Gasteiger partial charge in [-0.15, -0.1) is 0 Å². The molecule has 0 radical (unpaired) electrons. The van der Waals surface area contributed by atoms with Crippen molar-refractivity contribution in [1.82, 2.24) is 4.90 Å². The average molecular weight is 401 g/mol. The SMILES string of the molecule is C[C@H](N)[C@H]1C(O)CC2(C)[C@@H]3CCC4C(=CC3=CC[C@]12C)CC[C@H](N(C)C)C4(C)C. The summed E-state index contributed by atoms with van der Waals surface area (Å²) in [6, 6.07) is 0.689. The standard InChI is InChI=1S/C26H44N2O/c1-16(27)23-21(29)15-26(5)20-10-9-19-17(14-18(20)12-13-25(23,26)4)8-11-22(28(6)7)24(19,2)3/h12,14,16,19-23,29H,8-11,13,15,27H2,1-7H3/t16-,19?,20+,21?,22-,23-,25+,26?/m0/s1. The monoisotopic (exact) mass is 400 g/mol. The van der Waals surface area contributed by atoms with E-state index < -0.39 is 0 Å². The van der Waals surface area contributed by atoms with Gasteiger partial charge in [0, 0.05) is 18.0 Å². The molecule has 0 aliphatic heterocycles. The Bertz CT molecular complexity index is 720. The lowest BCUT2D eigenvalue weighted by Gasteiger charge is -2.53. The largest absolute Gasteiger partial charge is 0.393 e. The summed E-state index contributed by atoms with van der Waals surface area (Å²) in [5.41, 5.74) is 10.2. The summed E-state index contributed by atoms with van der Waals surface area (Å²) >= 11 is 0. The van der Waals surface area contributed by atoms with Crippen LogP contribution in [-0.4, -0.2) is 42.3 Å². The number of hydrogen-bond acceptors (Lipinski definition) is 3. The van der Waals surface area contributed by atoms with E-state index in [1.807, 2.05) is 0 Å². The molecule has 0 aromatic carbocycles. The molecule has 4 rings (SSSR count). The fourth-order valence-corrected chi connectivity index (χ4v) is 8.69. The summed E-state index contributed by atoms with van der Waals surface area (Å²) < 4.78 is 0. The number of nitrogens with zero attached hydrogens (tertiary/aromatic N) is 1. The second-order valence-corrected chi connectivity index (χ2v) is 12.1. The van der Waals surface area contributed by atoms with Crippen LogP contribution in [0.2, 0.25) is 0 Å². The Hall–Kier alpha value is -0.640. The quantitative estimate of drug-likeness (QED) is 0.702. The second kappa shape index (κ2) is 6.93. The van der Waals surface area contributed by atoms with Crippen molar-refractivity contribution in [2.24, 2.45) is 39.7 Å². The minimum atomic E-state index is -0.273. The van der Waals surface area contributed by atoms with Gasteiger partial charge in [-0.1, -0.05) is 45.4 Å². The van der Waals surface area contributed by atoms with Gasteiger partial charge in [-0.3, -0.25) is 0 Å². The van der Waals surface area contributed by atoms with Crippen LogP contribution >= 0.6 is 0 Å². The number of nitrogens with two attached hydrogens (primary N) is 1. The molecule has 0 aromatic rings. The third kappa shape index (κ3) is 2.94. The first kappa shape index (κ1) is 21.6. The lowest BCUT2D eigenvalue weighted by atomic mass is 9.51. The van der Waals surface area contributed by atoms with Gasteiger partial charge in [0.05, 0.1) is 6.10 Å².